The van der Waals surface area contributed by atoms with Crippen molar-refractivity contribution in [2.24, 2.45) is 17.1 Å². The summed E-state index contributed by atoms with van der Waals surface area (Å²) in [5.41, 5.74) is 6.30. The molecule has 0 aromatic heterocycles. The summed E-state index contributed by atoms with van der Waals surface area (Å²) in [5, 5.41) is 0. The SMILES string of the molecule is COCCCOC1(CN)CCC(C(C)(C)C)CC1. The molecule has 0 aliphatic heterocycles. The fourth-order valence-corrected chi connectivity index (χ4v) is 2.91. The van der Waals surface area contributed by atoms with E-state index in [9.17, 15) is 0 Å². The van der Waals surface area contributed by atoms with Crippen LogP contribution in [0.4, 0.5) is 0 Å². The van der Waals surface area contributed by atoms with Crippen LogP contribution in [-0.4, -0.2) is 32.5 Å². The van der Waals surface area contributed by atoms with Gasteiger partial charge in [0, 0.05) is 26.9 Å². The molecule has 0 atom stereocenters. The lowest BCUT2D eigenvalue weighted by atomic mass is 9.68. The van der Waals surface area contributed by atoms with Gasteiger partial charge in [0.2, 0.25) is 0 Å². The molecule has 0 saturated heterocycles. The highest BCUT2D eigenvalue weighted by Gasteiger charge is 2.38. The lowest BCUT2D eigenvalue weighted by Crippen LogP contribution is -2.45. The van der Waals surface area contributed by atoms with Crippen molar-refractivity contribution in [2.75, 3.05) is 26.9 Å². The van der Waals surface area contributed by atoms with Gasteiger partial charge in [-0.2, -0.15) is 0 Å². The first-order chi connectivity index (χ1) is 8.43. The third-order valence-corrected chi connectivity index (χ3v) is 4.39. The second-order valence-electron chi connectivity index (χ2n) is 6.72. The van der Waals surface area contributed by atoms with Crippen LogP contribution in [0.3, 0.4) is 0 Å². The van der Waals surface area contributed by atoms with E-state index in [4.69, 9.17) is 15.2 Å². The molecule has 1 fully saturated rings. The first-order valence-electron chi connectivity index (χ1n) is 7.26. The molecule has 1 saturated carbocycles. The Balaban J connectivity index is 2.40. The maximum absolute atomic E-state index is 6.08. The van der Waals surface area contributed by atoms with Crippen LogP contribution in [0.15, 0.2) is 0 Å². The van der Waals surface area contributed by atoms with Crippen molar-refractivity contribution in [2.45, 2.75) is 58.5 Å². The van der Waals surface area contributed by atoms with Crippen molar-refractivity contribution < 1.29 is 9.47 Å². The average molecular weight is 257 g/mol. The van der Waals surface area contributed by atoms with Crippen molar-refractivity contribution in [1.29, 1.82) is 0 Å². The molecule has 1 aliphatic carbocycles. The van der Waals surface area contributed by atoms with Crippen molar-refractivity contribution in [3.05, 3.63) is 0 Å². The number of rotatable bonds is 6. The zero-order valence-electron chi connectivity index (χ0n) is 12.6. The summed E-state index contributed by atoms with van der Waals surface area (Å²) >= 11 is 0. The molecule has 18 heavy (non-hydrogen) atoms. The maximum atomic E-state index is 6.08. The molecule has 0 spiro atoms. The molecule has 3 nitrogen and oxygen atoms in total. The van der Waals surface area contributed by atoms with Crippen LogP contribution in [0.5, 0.6) is 0 Å². The summed E-state index contributed by atoms with van der Waals surface area (Å²) in [5.74, 6) is 0.805. The molecule has 108 valence electrons. The first-order valence-corrected chi connectivity index (χ1v) is 7.26. The molecule has 1 aliphatic rings. The summed E-state index contributed by atoms with van der Waals surface area (Å²) in [6.07, 6.45) is 5.66. The predicted molar refractivity (Wildman–Crippen MR) is 75.6 cm³/mol. The van der Waals surface area contributed by atoms with Crippen molar-refractivity contribution in [1.82, 2.24) is 0 Å². The second kappa shape index (κ2) is 6.88. The lowest BCUT2D eigenvalue weighted by molar-refractivity contribution is -0.0832. The number of hydrogen-bond donors (Lipinski definition) is 1. The lowest BCUT2D eigenvalue weighted by Gasteiger charge is -2.43. The zero-order valence-corrected chi connectivity index (χ0v) is 12.6. The van der Waals surface area contributed by atoms with Gasteiger partial charge in [-0.15, -0.1) is 0 Å². The molecule has 0 amide bonds. The Hall–Kier alpha value is -0.120. The normalized spacial score (nSPS) is 29.5. The number of nitrogens with two attached hydrogens (primary N) is 1. The Bertz CT molecular complexity index is 227. The molecule has 0 bridgehead atoms. The third kappa shape index (κ3) is 4.52. The average Bonchev–Trinajstić information content (AvgIpc) is 2.34. The van der Waals surface area contributed by atoms with E-state index in [0.29, 0.717) is 12.0 Å². The fourth-order valence-electron chi connectivity index (χ4n) is 2.91. The van der Waals surface area contributed by atoms with E-state index < -0.39 is 0 Å². The van der Waals surface area contributed by atoms with Crippen LogP contribution in [0.25, 0.3) is 0 Å². The van der Waals surface area contributed by atoms with E-state index in [1.165, 1.54) is 12.8 Å². The Morgan fingerprint density at radius 1 is 1.17 bits per heavy atom. The first kappa shape index (κ1) is 15.9. The van der Waals surface area contributed by atoms with Crippen LogP contribution >= 0.6 is 0 Å². The highest BCUT2D eigenvalue weighted by molar-refractivity contribution is 4.91. The summed E-state index contributed by atoms with van der Waals surface area (Å²) in [4.78, 5) is 0. The van der Waals surface area contributed by atoms with Crippen LogP contribution in [-0.2, 0) is 9.47 Å². The topological polar surface area (TPSA) is 44.5 Å². The van der Waals surface area contributed by atoms with Gasteiger partial charge in [-0.05, 0) is 43.4 Å². The number of ether oxygens (including phenoxy) is 2. The van der Waals surface area contributed by atoms with Crippen LogP contribution in [0.1, 0.15) is 52.9 Å². The highest BCUT2D eigenvalue weighted by atomic mass is 16.5. The smallest absolute Gasteiger partial charge is 0.0804 e. The van der Waals surface area contributed by atoms with Gasteiger partial charge in [-0.1, -0.05) is 20.8 Å². The van der Waals surface area contributed by atoms with E-state index in [-0.39, 0.29) is 5.60 Å². The molecule has 3 heteroatoms. The van der Waals surface area contributed by atoms with E-state index in [0.717, 1.165) is 38.4 Å². The van der Waals surface area contributed by atoms with Crippen molar-refractivity contribution in [3.8, 4) is 0 Å². The predicted octanol–water partition coefficient (Wildman–Crippen LogP) is 2.97. The largest absolute Gasteiger partial charge is 0.385 e. The Kier molecular flexibility index (Phi) is 6.09. The van der Waals surface area contributed by atoms with Crippen LogP contribution in [0, 0.1) is 11.3 Å². The molecule has 1 rings (SSSR count). The number of methoxy groups -OCH3 is 1. The molecular weight excluding hydrogens is 226 g/mol. The monoisotopic (exact) mass is 257 g/mol. The molecule has 0 heterocycles. The van der Waals surface area contributed by atoms with E-state index in [1.54, 1.807) is 7.11 Å². The van der Waals surface area contributed by atoms with Crippen molar-refractivity contribution >= 4 is 0 Å². The summed E-state index contributed by atoms with van der Waals surface area (Å²) < 4.78 is 11.1. The Morgan fingerprint density at radius 3 is 2.22 bits per heavy atom. The van der Waals surface area contributed by atoms with Gasteiger partial charge in [0.1, 0.15) is 0 Å². The molecular formula is C15H31NO2. The summed E-state index contributed by atoms with van der Waals surface area (Å²) in [6, 6.07) is 0. The summed E-state index contributed by atoms with van der Waals surface area (Å²) in [6.45, 7) is 9.21. The summed E-state index contributed by atoms with van der Waals surface area (Å²) in [7, 11) is 1.73. The van der Waals surface area contributed by atoms with Gasteiger partial charge in [0.25, 0.3) is 0 Å². The minimum absolute atomic E-state index is 0.0600. The van der Waals surface area contributed by atoms with Gasteiger partial charge in [-0.25, -0.2) is 0 Å². The minimum Gasteiger partial charge on any atom is -0.385 e. The maximum Gasteiger partial charge on any atom is 0.0804 e. The van der Waals surface area contributed by atoms with Crippen molar-refractivity contribution in [3.63, 3.8) is 0 Å². The molecule has 0 radical (unpaired) electrons. The molecule has 0 unspecified atom stereocenters. The van der Waals surface area contributed by atoms with Gasteiger partial charge < -0.3 is 15.2 Å². The molecule has 0 aromatic rings. The van der Waals surface area contributed by atoms with E-state index in [1.807, 2.05) is 0 Å². The Labute approximate surface area is 112 Å². The van der Waals surface area contributed by atoms with Gasteiger partial charge in [0.15, 0.2) is 0 Å². The van der Waals surface area contributed by atoms with E-state index in [2.05, 4.69) is 20.8 Å². The van der Waals surface area contributed by atoms with Crippen LogP contribution in [0.2, 0.25) is 0 Å². The van der Waals surface area contributed by atoms with Gasteiger partial charge in [-0.3, -0.25) is 0 Å². The standard InChI is InChI=1S/C15H31NO2/c1-14(2,3)13-6-8-15(12-16,9-7-13)18-11-5-10-17-4/h13H,5-12,16H2,1-4H3. The fraction of sp³-hybridized carbons (Fsp3) is 1.00. The number of hydrogen-bond acceptors (Lipinski definition) is 3. The van der Waals surface area contributed by atoms with Gasteiger partial charge >= 0.3 is 0 Å². The zero-order chi connectivity index (χ0) is 13.6. The quantitative estimate of drug-likeness (QED) is 0.744. The van der Waals surface area contributed by atoms with E-state index >= 15 is 0 Å². The molecule has 0 aromatic carbocycles. The van der Waals surface area contributed by atoms with Gasteiger partial charge in [0.05, 0.1) is 5.60 Å². The molecule has 2 N–H and O–H groups in total. The second-order valence-corrected chi connectivity index (χ2v) is 6.72. The Morgan fingerprint density at radius 2 is 1.78 bits per heavy atom. The highest BCUT2D eigenvalue weighted by Crippen LogP contribution is 2.42. The third-order valence-electron chi connectivity index (χ3n) is 4.39. The minimum atomic E-state index is -0.0600. The van der Waals surface area contributed by atoms with Crippen LogP contribution < -0.4 is 5.73 Å².